The van der Waals surface area contributed by atoms with Crippen LogP contribution < -0.4 is 0 Å². The Labute approximate surface area is 96.2 Å². The van der Waals surface area contributed by atoms with Gasteiger partial charge in [-0.2, -0.15) is 0 Å². The van der Waals surface area contributed by atoms with E-state index in [1.54, 1.807) is 12.2 Å². The lowest BCUT2D eigenvalue weighted by Gasteiger charge is -2.16. The summed E-state index contributed by atoms with van der Waals surface area (Å²) in [6.45, 7) is 3.43. The summed E-state index contributed by atoms with van der Waals surface area (Å²) in [4.78, 5) is 22.6. The van der Waals surface area contributed by atoms with E-state index in [0.29, 0.717) is 18.6 Å². The average Bonchev–Trinajstić information content (AvgIpc) is 2.25. The minimum atomic E-state index is -0.332. The van der Waals surface area contributed by atoms with Gasteiger partial charge in [-0.1, -0.05) is 25.5 Å². The Morgan fingerprint density at radius 3 is 2.88 bits per heavy atom. The van der Waals surface area contributed by atoms with Crippen LogP contribution in [-0.4, -0.2) is 11.8 Å². The van der Waals surface area contributed by atoms with Gasteiger partial charge in [0.1, 0.15) is 11.5 Å². The molecule has 1 atom stereocenters. The van der Waals surface area contributed by atoms with Gasteiger partial charge in [0, 0.05) is 25.7 Å². The lowest BCUT2D eigenvalue weighted by molar-refractivity contribution is -0.137. The van der Waals surface area contributed by atoms with Crippen molar-refractivity contribution in [3.8, 4) is 0 Å². The molecule has 0 saturated heterocycles. The van der Waals surface area contributed by atoms with Crippen molar-refractivity contribution in [2.24, 2.45) is 5.92 Å². The highest BCUT2D eigenvalue weighted by atomic mass is 16.5. The third-order valence-corrected chi connectivity index (χ3v) is 2.51. The molecule has 16 heavy (non-hydrogen) atoms. The zero-order chi connectivity index (χ0) is 12.0. The number of ether oxygens (including phenoxy) is 1. The molecule has 0 saturated carbocycles. The van der Waals surface area contributed by atoms with Gasteiger partial charge in [-0.15, -0.1) is 0 Å². The van der Waals surface area contributed by atoms with Gasteiger partial charge in [-0.25, -0.2) is 0 Å². The minimum Gasteiger partial charge on any atom is -0.431 e. The molecular formula is C13H18O3. The number of esters is 1. The molecule has 0 aliphatic heterocycles. The molecule has 0 fully saturated rings. The van der Waals surface area contributed by atoms with E-state index in [2.05, 4.69) is 6.92 Å². The Hall–Kier alpha value is -1.38. The maximum absolute atomic E-state index is 11.8. The van der Waals surface area contributed by atoms with Crippen molar-refractivity contribution in [2.75, 3.05) is 0 Å². The van der Waals surface area contributed by atoms with Crippen LogP contribution in [0.2, 0.25) is 0 Å². The van der Waals surface area contributed by atoms with Gasteiger partial charge in [-0.3, -0.25) is 9.59 Å². The molecule has 0 N–H and O–H groups in total. The van der Waals surface area contributed by atoms with Crippen molar-refractivity contribution in [1.29, 1.82) is 0 Å². The van der Waals surface area contributed by atoms with E-state index in [-0.39, 0.29) is 17.7 Å². The fraction of sp³-hybridized carbons (Fsp3) is 0.538. The fourth-order valence-corrected chi connectivity index (χ4v) is 1.67. The second kappa shape index (κ2) is 6.26. The quantitative estimate of drug-likeness (QED) is 0.672. The molecule has 0 radical (unpaired) electrons. The number of allylic oxidation sites excluding steroid dienone is 4. The number of hydrogen-bond donors (Lipinski definition) is 0. The SMILES string of the molecule is CCCCC(=O)[C@@H]1C=CC=C(OC(C)=O)C1. The average molecular weight is 222 g/mol. The number of carbonyl (C=O) groups is 2. The molecule has 1 rings (SSSR count). The summed E-state index contributed by atoms with van der Waals surface area (Å²) in [5.74, 6) is 0.368. The highest BCUT2D eigenvalue weighted by Crippen LogP contribution is 2.22. The van der Waals surface area contributed by atoms with Crippen molar-refractivity contribution in [3.63, 3.8) is 0 Å². The summed E-state index contributed by atoms with van der Waals surface area (Å²) in [7, 11) is 0. The van der Waals surface area contributed by atoms with Crippen molar-refractivity contribution >= 4 is 11.8 Å². The summed E-state index contributed by atoms with van der Waals surface area (Å²) >= 11 is 0. The molecule has 3 nitrogen and oxygen atoms in total. The van der Waals surface area contributed by atoms with Gasteiger partial charge in [0.2, 0.25) is 0 Å². The molecule has 0 heterocycles. The molecule has 0 unspecified atom stereocenters. The molecule has 0 aromatic carbocycles. The van der Waals surface area contributed by atoms with Crippen molar-refractivity contribution in [2.45, 2.75) is 39.5 Å². The predicted octanol–water partition coefficient (Wildman–Crippen LogP) is 2.77. The molecule has 0 amide bonds. The Morgan fingerprint density at radius 2 is 2.25 bits per heavy atom. The first kappa shape index (κ1) is 12.7. The zero-order valence-corrected chi connectivity index (χ0v) is 9.86. The summed E-state index contributed by atoms with van der Waals surface area (Å²) in [5, 5.41) is 0. The van der Waals surface area contributed by atoms with Gasteiger partial charge >= 0.3 is 5.97 Å². The maximum Gasteiger partial charge on any atom is 0.307 e. The van der Waals surface area contributed by atoms with Crippen LogP contribution in [0.3, 0.4) is 0 Å². The Balaban J connectivity index is 2.48. The van der Waals surface area contributed by atoms with E-state index in [4.69, 9.17) is 4.74 Å². The van der Waals surface area contributed by atoms with Gasteiger partial charge in [0.25, 0.3) is 0 Å². The molecule has 3 heteroatoms. The summed E-state index contributed by atoms with van der Waals surface area (Å²) in [6.07, 6.45) is 8.48. The van der Waals surface area contributed by atoms with E-state index in [1.807, 2.05) is 6.08 Å². The predicted molar refractivity (Wildman–Crippen MR) is 61.6 cm³/mol. The Morgan fingerprint density at radius 1 is 1.50 bits per heavy atom. The van der Waals surface area contributed by atoms with Crippen LogP contribution in [0.1, 0.15) is 39.5 Å². The normalized spacial score (nSPS) is 19.1. The number of ketones is 1. The number of carbonyl (C=O) groups excluding carboxylic acids is 2. The highest BCUT2D eigenvalue weighted by molar-refractivity contribution is 5.83. The first-order valence-electron chi connectivity index (χ1n) is 5.72. The molecular weight excluding hydrogens is 204 g/mol. The lowest BCUT2D eigenvalue weighted by Crippen LogP contribution is -2.16. The number of hydrogen-bond acceptors (Lipinski definition) is 3. The van der Waals surface area contributed by atoms with E-state index in [1.165, 1.54) is 6.92 Å². The maximum atomic E-state index is 11.8. The molecule has 0 aromatic heterocycles. The first-order valence-corrected chi connectivity index (χ1v) is 5.72. The molecule has 1 aliphatic carbocycles. The Bertz CT molecular complexity index is 326. The lowest BCUT2D eigenvalue weighted by atomic mass is 9.92. The third-order valence-electron chi connectivity index (χ3n) is 2.51. The highest BCUT2D eigenvalue weighted by Gasteiger charge is 2.20. The van der Waals surface area contributed by atoms with Gasteiger partial charge in [0.15, 0.2) is 0 Å². The van der Waals surface area contributed by atoms with Gasteiger partial charge in [-0.05, 0) is 12.5 Å². The van der Waals surface area contributed by atoms with Crippen LogP contribution in [0.5, 0.6) is 0 Å². The van der Waals surface area contributed by atoms with Crippen LogP contribution in [0.25, 0.3) is 0 Å². The van der Waals surface area contributed by atoms with E-state index in [0.717, 1.165) is 12.8 Å². The van der Waals surface area contributed by atoms with Gasteiger partial charge < -0.3 is 4.74 Å². The monoisotopic (exact) mass is 222 g/mol. The topological polar surface area (TPSA) is 43.4 Å². The standard InChI is InChI=1S/C13H18O3/c1-3-4-8-13(15)11-6-5-7-12(9-11)16-10(2)14/h5-7,11H,3-4,8-9H2,1-2H3/t11-/m1/s1. The summed E-state index contributed by atoms with van der Waals surface area (Å²) in [5.41, 5.74) is 0. The molecule has 0 spiro atoms. The zero-order valence-electron chi connectivity index (χ0n) is 9.86. The second-order valence-corrected chi connectivity index (χ2v) is 3.99. The smallest absolute Gasteiger partial charge is 0.307 e. The van der Waals surface area contributed by atoms with Crippen molar-refractivity contribution < 1.29 is 14.3 Å². The molecule has 88 valence electrons. The number of unbranched alkanes of at least 4 members (excludes halogenated alkanes) is 1. The van der Waals surface area contributed by atoms with Crippen LogP contribution in [0.15, 0.2) is 24.0 Å². The van der Waals surface area contributed by atoms with Crippen molar-refractivity contribution in [3.05, 3.63) is 24.0 Å². The summed E-state index contributed by atoms with van der Waals surface area (Å²) in [6, 6.07) is 0. The third kappa shape index (κ3) is 4.01. The number of rotatable bonds is 5. The van der Waals surface area contributed by atoms with Crippen LogP contribution in [0, 0.1) is 5.92 Å². The van der Waals surface area contributed by atoms with Crippen molar-refractivity contribution in [1.82, 2.24) is 0 Å². The van der Waals surface area contributed by atoms with E-state index < -0.39 is 0 Å². The number of Topliss-reactive ketones (excluding diaryl/α,β-unsaturated/α-hetero) is 1. The van der Waals surface area contributed by atoms with Crippen LogP contribution in [0.4, 0.5) is 0 Å². The largest absolute Gasteiger partial charge is 0.431 e. The first-order chi connectivity index (χ1) is 7.63. The minimum absolute atomic E-state index is 0.120. The molecule has 0 aromatic rings. The van der Waals surface area contributed by atoms with Crippen LogP contribution in [-0.2, 0) is 14.3 Å². The summed E-state index contributed by atoms with van der Waals surface area (Å²) < 4.78 is 4.99. The van der Waals surface area contributed by atoms with E-state index in [9.17, 15) is 9.59 Å². The fourth-order valence-electron chi connectivity index (χ4n) is 1.67. The van der Waals surface area contributed by atoms with E-state index >= 15 is 0 Å². The van der Waals surface area contributed by atoms with Crippen LogP contribution >= 0.6 is 0 Å². The molecule has 0 bridgehead atoms. The van der Waals surface area contributed by atoms with Gasteiger partial charge in [0.05, 0.1) is 0 Å². The second-order valence-electron chi connectivity index (χ2n) is 3.99. The Kier molecular flexibility index (Phi) is 4.96. The molecule has 1 aliphatic rings.